The second kappa shape index (κ2) is 6.16. The summed E-state index contributed by atoms with van der Waals surface area (Å²) in [7, 11) is 0. The summed E-state index contributed by atoms with van der Waals surface area (Å²) in [5.41, 5.74) is 6.41. The summed E-state index contributed by atoms with van der Waals surface area (Å²) < 4.78 is 11.2. The molecule has 0 unspecified atom stereocenters. The molecular weight excluding hydrogens is 294 g/mol. The maximum atomic E-state index is 12.2. The van der Waals surface area contributed by atoms with Crippen LogP contribution in [0.4, 0.5) is 0 Å². The number of aryl methyl sites for hydroxylation is 2. The lowest BCUT2D eigenvalue weighted by atomic mass is 10.1. The van der Waals surface area contributed by atoms with Crippen LogP contribution in [0.5, 0.6) is 11.5 Å². The summed E-state index contributed by atoms with van der Waals surface area (Å²) in [6.45, 7) is 5.99. The minimum Gasteiger partial charge on any atom is -0.485 e. The molecule has 120 valence electrons. The van der Waals surface area contributed by atoms with Crippen molar-refractivity contribution in [3.63, 3.8) is 0 Å². The van der Waals surface area contributed by atoms with Crippen LogP contribution in [0, 0.1) is 13.8 Å². The second-order valence-electron chi connectivity index (χ2n) is 5.51. The number of fused-ring (bicyclic) bond motifs is 1. The molecule has 2 N–H and O–H groups in total. The molecule has 0 spiro atoms. The molecule has 1 aromatic carbocycles. The standard InChI is InChI=1S/C17H19N3O3/c1-10-8-18-11(2)16(10)12(3)19-20-17(21)15-9-22-13-6-4-5-7-14(13)23-15/h4-8,15,18H,9H2,1-3H3,(H,20,21)/b19-12+/t15-/m0/s1. The first-order valence-electron chi connectivity index (χ1n) is 7.44. The second-order valence-corrected chi connectivity index (χ2v) is 5.51. The number of carbonyl (C=O) groups excluding carboxylic acids is 1. The Hall–Kier alpha value is -2.76. The van der Waals surface area contributed by atoms with E-state index in [2.05, 4.69) is 15.5 Å². The largest absolute Gasteiger partial charge is 0.485 e. The fourth-order valence-corrected chi connectivity index (χ4v) is 2.63. The predicted molar refractivity (Wildman–Crippen MR) is 87.0 cm³/mol. The summed E-state index contributed by atoms with van der Waals surface area (Å²) in [5, 5.41) is 4.18. The van der Waals surface area contributed by atoms with Crippen molar-refractivity contribution in [3.8, 4) is 11.5 Å². The monoisotopic (exact) mass is 313 g/mol. The van der Waals surface area contributed by atoms with Crippen molar-refractivity contribution >= 4 is 11.6 Å². The maximum Gasteiger partial charge on any atom is 0.284 e. The molecular formula is C17H19N3O3. The molecule has 1 atom stereocenters. The number of aromatic nitrogens is 1. The highest BCUT2D eigenvalue weighted by Gasteiger charge is 2.27. The van der Waals surface area contributed by atoms with Crippen LogP contribution < -0.4 is 14.9 Å². The first-order chi connectivity index (χ1) is 11.1. The first kappa shape index (κ1) is 15.1. The van der Waals surface area contributed by atoms with Gasteiger partial charge in [0.25, 0.3) is 5.91 Å². The molecule has 0 saturated carbocycles. The first-order valence-corrected chi connectivity index (χ1v) is 7.44. The summed E-state index contributed by atoms with van der Waals surface area (Å²) in [5.74, 6) is 0.886. The Kier molecular flexibility index (Phi) is 4.06. The van der Waals surface area contributed by atoms with E-state index in [1.165, 1.54) is 0 Å². The number of hydrogen-bond donors (Lipinski definition) is 2. The highest BCUT2D eigenvalue weighted by molar-refractivity contribution is 6.01. The fourth-order valence-electron chi connectivity index (χ4n) is 2.63. The van der Waals surface area contributed by atoms with Crippen LogP contribution in [-0.2, 0) is 4.79 Å². The van der Waals surface area contributed by atoms with E-state index in [4.69, 9.17) is 9.47 Å². The zero-order valence-corrected chi connectivity index (χ0v) is 13.3. The molecule has 23 heavy (non-hydrogen) atoms. The normalized spacial score (nSPS) is 17.0. The lowest BCUT2D eigenvalue weighted by molar-refractivity contribution is -0.130. The van der Waals surface area contributed by atoms with E-state index in [0.717, 1.165) is 22.5 Å². The number of nitrogens with zero attached hydrogens (tertiary/aromatic N) is 1. The van der Waals surface area contributed by atoms with Gasteiger partial charge in [0.05, 0.1) is 5.71 Å². The van der Waals surface area contributed by atoms with Gasteiger partial charge < -0.3 is 14.5 Å². The number of hydrazone groups is 1. The van der Waals surface area contributed by atoms with Crippen LogP contribution in [0.2, 0.25) is 0 Å². The van der Waals surface area contributed by atoms with Crippen molar-refractivity contribution in [1.82, 2.24) is 10.4 Å². The van der Waals surface area contributed by atoms with E-state index in [0.29, 0.717) is 11.5 Å². The summed E-state index contributed by atoms with van der Waals surface area (Å²) in [4.78, 5) is 15.4. The van der Waals surface area contributed by atoms with Gasteiger partial charge in [-0.15, -0.1) is 0 Å². The molecule has 1 aliphatic heterocycles. The Morgan fingerprint density at radius 1 is 1.30 bits per heavy atom. The average Bonchev–Trinajstić information content (AvgIpc) is 2.90. The van der Waals surface area contributed by atoms with Crippen molar-refractivity contribution in [2.75, 3.05) is 6.61 Å². The lowest BCUT2D eigenvalue weighted by Crippen LogP contribution is -2.42. The van der Waals surface area contributed by atoms with Gasteiger partial charge in [-0.25, -0.2) is 5.43 Å². The Morgan fingerprint density at radius 3 is 2.74 bits per heavy atom. The van der Waals surface area contributed by atoms with Gasteiger partial charge in [0.15, 0.2) is 11.5 Å². The smallest absolute Gasteiger partial charge is 0.284 e. The fraction of sp³-hybridized carbons (Fsp3) is 0.294. The Bertz CT molecular complexity index is 745. The molecule has 1 amide bonds. The van der Waals surface area contributed by atoms with E-state index >= 15 is 0 Å². The third-order valence-electron chi connectivity index (χ3n) is 3.77. The lowest BCUT2D eigenvalue weighted by Gasteiger charge is -2.24. The van der Waals surface area contributed by atoms with Gasteiger partial charge in [-0.1, -0.05) is 12.1 Å². The molecule has 1 aliphatic rings. The van der Waals surface area contributed by atoms with Crippen LogP contribution in [0.3, 0.4) is 0 Å². The van der Waals surface area contributed by atoms with Gasteiger partial charge in [0.2, 0.25) is 6.10 Å². The third-order valence-corrected chi connectivity index (χ3v) is 3.77. The molecule has 0 radical (unpaired) electrons. The van der Waals surface area contributed by atoms with Crippen LogP contribution in [0.25, 0.3) is 0 Å². The Morgan fingerprint density at radius 2 is 2.04 bits per heavy atom. The maximum absolute atomic E-state index is 12.2. The molecule has 2 heterocycles. The number of hydrogen-bond acceptors (Lipinski definition) is 4. The highest BCUT2D eigenvalue weighted by atomic mass is 16.6. The van der Waals surface area contributed by atoms with Gasteiger partial charge in [-0.3, -0.25) is 4.79 Å². The summed E-state index contributed by atoms with van der Waals surface area (Å²) in [6, 6.07) is 7.28. The molecule has 1 aromatic heterocycles. The third kappa shape index (κ3) is 3.06. The van der Waals surface area contributed by atoms with E-state index in [-0.39, 0.29) is 12.5 Å². The van der Waals surface area contributed by atoms with E-state index < -0.39 is 6.10 Å². The van der Waals surface area contributed by atoms with Gasteiger partial charge in [-0.2, -0.15) is 5.10 Å². The van der Waals surface area contributed by atoms with Crippen molar-refractivity contribution < 1.29 is 14.3 Å². The number of rotatable bonds is 3. The minimum absolute atomic E-state index is 0.166. The van der Waals surface area contributed by atoms with Crippen LogP contribution in [0.1, 0.15) is 23.7 Å². The van der Waals surface area contributed by atoms with Crippen molar-refractivity contribution in [2.24, 2.45) is 5.10 Å². The molecule has 2 aromatic rings. The molecule has 0 bridgehead atoms. The van der Waals surface area contributed by atoms with Gasteiger partial charge in [-0.05, 0) is 38.5 Å². The molecule has 0 aliphatic carbocycles. The zero-order valence-electron chi connectivity index (χ0n) is 13.3. The van der Waals surface area contributed by atoms with Crippen LogP contribution in [-0.4, -0.2) is 29.3 Å². The Labute approximate surface area is 134 Å². The minimum atomic E-state index is -0.713. The SMILES string of the molecule is C/C(=N\NC(=O)[C@@H]1COc2ccccc2O1)c1c(C)c[nH]c1C. The molecule has 6 nitrogen and oxygen atoms in total. The number of para-hydroxylation sites is 2. The number of aromatic amines is 1. The molecule has 0 fully saturated rings. The summed E-state index contributed by atoms with van der Waals surface area (Å²) >= 11 is 0. The van der Waals surface area contributed by atoms with E-state index in [9.17, 15) is 4.79 Å². The van der Waals surface area contributed by atoms with Gasteiger partial charge >= 0.3 is 0 Å². The van der Waals surface area contributed by atoms with Gasteiger partial charge in [0.1, 0.15) is 6.61 Å². The topological polar surface area (TPSA) is 75.7 Å². The number of benzene rings is 1. The quantitative estimate of drug-likeness (QED) is 0.674. The van der Waals surface area contributed by atoms with Crippen LogP contribution >= 0.6 is 0 Å². The number of ether oxygens (including phenoxy) is 2. The van der Waals surface area contributed by atoms with E-state index in [1.807, 2.05) is 45.2 Å². The number of amides is 1. The Balaban J connectivity index is 1.67. The zero-order chi connectivity index (χ0) is 16.4. The number of H-pyrrole nitrogens is 1. The number of carbonyl (C=O) groups is 1. The summed E-state index contributed by atoms with van der Waals surface area (Å²) in [6.07, 6.45) is 1.20. The van der Waals surface area contributed by atoms with Crippen molar-refractivity contribution in [3.05, 3.63) is 47.3 Å². The molecule has 6 heteroatoms. The molecule has 0 saturated heterocycles. The van der Waals surface area contributed by atoms with Crippen molar-refractivity contribution in [1.29, 1.82) is 0 Å². The highest BCUT2D eigenvalue weighted by Crippen LogP contribution is 2.30. The van der Waals surface area contributed by atoms with Crippen molar-refractivity contribution in [2.45, 2.75) is 26.9 Å². The van der Waals surface area contributed by atoms with Crippen LogP contribution in [0.15, 0.2) is 35.6 Å². The van der Waals surface area contributed by atoms with E-state index in [1.54, 1.807) is 6.07 Å². The number of nitrogens with one attached hydrogen (secondary N) is 2. The van der Waals surface area contributed by atoms with Gasteiger partial charge in [0, 0.05) is 17.5 Å². The predicted octanol–water partition coefficient (Wildman–Crippen LogP) is 2.31. The molecule has 3 rings (SSSR count). The average molecular weight is 313 g/mol.